The van der Waals surface area contributed by atoms with E-state index < -0.39 is 11.9 Å². The van der Waals surface area contributed by atoms with Crippen LogP contribution >= 0.6 is 0 Å². The molecule has 5 nitrogen and oxygen atoms in total. The average molecular weight is 340 g/mol. The van der Waals surface area contributed by atoms with Crippen molar-refractivity contribution in [2.75, 3.05) is 6.61 Å². The van der Waals surface area contributed by atoms with E-state index in [-0.39, 0.29) is 18.6 Å². The van der Waals surface area contributed by atoms with E-state index in [0.717, 1.165) is 5.56 Å². The van der Waals surface area contributed by atoms with Gasteiger partial charge in [-0.25, -0.2) is 4.79 Å². The number of carbonyl (C=O) groups is 2. The Hall–Kier alpha value is -3.08. The van der Waals surface area contributed by atoms with Crippen LogP contribution in [-0.2, 0) is 20.9 Å². The number of carboxylic acid groups (broad SMARTS) is 1. The van der Waals surface area contributed by atoms with Crippen LogP contribution in [0.2, 0.25) is 0 Å². The SMILES string of the molecule is CCOC(=O)/C(=C/c1ccc(OCc2ccccc2)cc1)CC(=O)O. The highest BCUT2D eigenvalue weighted by Crippen LogP contribution is 2.17. The van der Waals surface area contributed by atoms with E-state index in [1.807, 2.05) is 30.3 Å². The topological polar surface area (TPSA) is 72.8 Å². The lowest BCUT2D eigenvalue weighted by molar-refractivity contribution is -0.142. The maximum Gasteiger partial charge on any atom is 0.334 e. The molecule has 130 valence electrons. The lowest BCUT2D eigenvalue weighted by Crippen LogP contribution is -2.11. The molecule has 0 saturated heterocycles. The van der Waals surface area contributed by atoms with Crippen molar-refractivity contribution >= 4 is 18.0 Å². The van der Waals surface area contributed by atoms with E-state index in [0.29, 0.717) is 17.9 Å². The van der Waals surface area contributed by atoms with Crippen molar-refractivity contribution in [1.82, 2.24) is 0 Å². The number of aliphatic carboxylic acids is 1. The summed E-state index contributed by atoms with van der Waals surface area (Å²) in [7, 11) is 0. The number of benzene rings is 2. The monoisotopic (exact) mass is 340 g/mol. The third kappa shape index (κ3) is 6.14. The zero-order chi connectivity index (χ0) is 18.1. The predicted octanol–water partition coefficient (Wildman–Crippen LogP) is 3.69. The minimum atomic E-state index is -1.08. The summed E-state index contributed by atoms with van der Waals surface area (Å²) in [6.07, 6.45) is 1.14. The second-order valence-electron chi connectivity index (χ2n) is 5.30. The lowest BCUT2D eigenvalue weighted by Gasteiger charge is -2.07. The van der Waals surface area contributed by atoms with Gasteiger partial charge in [0.2, 0.25) is 0 Å². The molecule has 0 aromatic heterocycles. The fourth-order valence-corrected chi connectivity index (χ4v) is 2.17. The fourth-order valence-electron chi connectivity index (χ4n) is 2.17. The summed E-state index contributed by atoms with van der Waals surface area (Å²) in [5, 5.41) is 8.93. The Kier molecular flexibility index (Phi) is 6.77. The molecule has 25 heavy (non-hydrogen) atoms. The van der Waals surface area contributed by atoms with Gasteiger partial charge in [-0.1, -0.05) is 42.5 Å². The molecule has 0 atom stereocenters. The molecule has 0 saturated carbocycles. The predicted molar refractivity (Wildman–Crippen MR) is 94.1 cm³/mol. The molecule has 0 aliphatic heterocycles. The van der Waals surface area contributed by atoms with Crippen molar-refractivity contribution in [1.29, 1.82) is 0 Å². The van der Waals surface area contributed by atoms with Gasteiger partial charge in [-0.3, -0.25) is 4.79 Å². The van der Waals surface area contributed by atoms with Gasteiger partial charge in [-0.05, 0) is 36.3 Å². The molecular formula is C20H20O5. The van der Waals surface area contributed by atoms with Crippen LogP contribution in [-0.4, -0.2) is 23.7 Å². The van der Waals surface area contributed by atoms with Gasteiger partial charge < -0.3 is 14.6 Å². The zero-order valence-corrected chi connectivity index (χ0v) is 14.0. The van der Waals surface area contributed by atoms with Crippen molar-refractivity contribution in [2.45, 2.75) is 20.0 Å². The number of hydrogen-bond donors (Lipinski definition) is 1. The van der Waals surface area contributed by atoms with Crippen molar-refractivity contribution in [2.24, 2.45) is 0 Å². The summed E-state index contributed by atoms with van der Waals surface area (Å²) < 4.78 is 10.6. The van der Waals surface area contributed by atoms with Gasteiger partial charge in [0.1, 0.15) is 12.4 Å². The molecule has 0 fully saturated rings. The second kappa shape index (κ2) is 9.27. The van der Waals surface area contributed by atoms with Gasteiger partial charge in [0, 0.05) is 5.57 Å². The summed E-state index contributed by atoms with van der Waals surface area (Å²) >= 11 is 0. The first-order valence-corrected chi connectivity index (χ1v) is 7.94. The Bertz CT molecular complexity index is 732. The minimum absolute atomic E-state index is 0.104. The highest BCUT2D eigenvalue weighted by molar-refractivity contribution is 5.97. The van der Waals surface area contributed by atoms with Crippen molar-refractivity contribution in [3.05, 3.63) is 71.3 Å². The first kappa shape index (κ1) is 18.3. The minimum Gasteiger partial charge on any atom is -0.489 e. The van der Waals surface area contributed by atoms with E-state index in [2.05, 4.69) is 0 Å². The Morgan fingerprint density at radius 1 is 1.04 bits per heavy atom. The molecule has 0 aliphatic rings. The third-order valence-corrected chi connectivity index (χ3v) is 3.35. The third-order valence-electron chi connectivity index (χ3n) is 3.35. The number of esters is 1. The van der Waals surface area contributed by atoms with Gasteiger partial charge in [0.15, 0.2) is 0 Å². The quantitative estimate of drug-likeness (QED) is 0.586. The standard InChI is InChI=1S/C20H20O5/c1-2-24-20(23)17(13-19(21)22)12-15-8-10-18(11-9-15)25-14-16-6-4-3-5-7-16/h3-12H,2,13-14H2,1H3,(H,21,22)/b17-12+. The largest absolute Gasteiger partial charge is 0.489 e. The van der Waals surface area contributed by atoms with E-state index in [4.69, 9.17) is 14.6 Å². The Balaban J connectivity index is 2.05. The summed E-state index contributed by atoms with van der Waals surface area (Å²) in [6.45, 7) is 2.33. The van der Waals surface area contributed by atoms with Crippen LogP contribution in [0.1, 0.15) is 24.5 Å². The smallest absolute Gasteiger partial charge is 0.334 e. The van der Waals surface area contributed by atoms with E-state index in [1.165, 1.54) is 6.08 Å². The van der Waals surface area contributed by atoms with E-state index >= 15 is 0 Å². The molecule has 1 N–H and O–H groups in total. The van der Waals surface area contributed by atoms with Gasteiger partial charge in [0.05, 0.1) is 13.0 Å². The fraction of sp³-hybridized carbons (Fsp3) is 0.200. The van der Waals surface area contributed by atoms with Crippen LogP contribution in [0.25, 0.3) is 6.08 Å². The van der Waals surface area contributed by atoms with Gasteiger partial charge >= 0.3 is 11.9 Å². The molecule has 0 unspecified atom stereocenters. The van der Waals surface area contributed by atoms with Gasteiger partial charge in [-0.2, -0.15) is 0 Å². The highest BCUT2D eigenvalue weighted by Gasteiger charge is 2.14. The number of carboxylic acids is 1. The Morgan fingerprint density at radius 3 is 2.32 bits per heavy atom. The lowest BCUT2D eigenvalue weighted by atomic mass is 10.1. The maximum absolute atomic E-state index is 11.8. The first-order chi connectivity index (χ1) is 12.1. The summed E-state index contributed by atoms with van der Waals surface area (Å²) in [5.74, 6) is -1.01. The molecule has 0 radical (unpaired) electrons. The van der Waals surface area contributed by atoms with Crippen molar-refractivity contribution in [3.63, 3.8) is 0 Å². The Labute approximate surface area is 146 Å². The van der Waals surface area contributed by atoms with Crippen molar-refractivity contribution in [3.8, 4) is 5.75 Å². The molecule has 2 aromatic carbocycles. The molecule has 0 spiro atoms. The van der Waals surface area contributed by atoms with Crippen LogP contribution in [0.3, 0.4) is 0 Å². The molecule has 0 aliphatic carbocycles. The average Bonchev–Trinajstić information content (AvgIpc) is 2.61. The van der Waals surface area contributed by atoms with Crippen LogP contribution in [0.5, 0.6) is 5.75 Å². The molecule has 0 bridgehead atoms. The normalized spacial score (nSPS) is 11.0. The summed E-state index contributed by atoms with van der Waals surface area (Å²) in [4.78, 5) is 22.7. The zero-order valence-electron chi connectivity index (χ0n) is 14.0. The van der Waals surface area contributed by atoms with Crippen LogP contribution in [0, 0.1) is 0 Å². The molecule has 0 amide bonds. The maximum atomic E-state index is 11.8. The van der Waals surface area contributed by atoms with Crippen LogP contribution < -0.4 is 4.74 Å². The molecule has 5 heteroatoms. The number of hydrogen-bond acceptors (Lipinski definition) is 4. The van der Waals surface area contributed by atoms with Crippen LogP contribution in [0.15, 0.2) is 60.2 Å². The van der Waals surface area contributed by atoms with Crippen molar-refractivity contribution < 1.29 is 24.2 Å². The Morgan fingerprint density at radius 2 is 1.72 bits per heavy atom. The number of carbonyl (C=O) groups excluding carboxylic acids is 1. The second-order valence-corrected chi connectivity index (χ2v) is 5.30. The number of ether oxygens (including phenoxy) is 2. The van der Waals surface area contributed by atoms with E-state index in [1.54, 1.807) is 31.2 Å². The summed E-state index contributed by atoms with van der Waals surface area (Å²) in [5.41, 5.74) is 1.88. The summed E-state index contributed by atoms with van der Waals surface area (Å²) in [6, 6.07) is 16.9. The van der Waals surface area contributed by atoms with Crippen LogP contribution in [0.4, 0.5) is 0 Å². The molecule has 2 rings (SSSR count). The molecular weight excluding hydrogens is 320 g/mol. The molecule has 0 heterocycles. The first-order valence-electron chi connectivity index (χ1n) is 7.94. The van der Waals surface area contributed by atoms with Gasteiger partial charge in [-0.15, -0.1) is 0 Å². The highest BCUT2D eigenvalue weighted by atomic mass is 16.5. The van der Waals surface area contributed by atoms with Gasteiger partial charge in [0.25, 0.3) is 0 Å². The van der Waals surface area contributed by atoms with E-state index in [9.17, 15) is 9.59 Å². The number of rotatable bonds is 8. The molecule has 2 aromatic rings.